The fraction of sp³-hybridized carbons (Fsp3) is 1.00. The van der Waals surface area contributed by atoms with Crippen molar-refractivity contribution in [3.63, 3.8) is 0 Å². The van der Waals surface area contributed by atoms with E-state index in [1.54, 1.807) is 0 Å². The van der Waals surface area contributed by atoms with E-state index in [2.05, 4.69) is 34.6 Å². The van der Waals surface area contributed by atoms with Crippen LogP contribution in [0.4, 0.5) is 0 Å². The first-order chi connectivity index (χ1) is 6.91. The minimum atomic E-state index is 0.506. The normalized spacial score (nSPS) is 46.6. The predicted octanol–water partition coefficient (Wildman–Crippen LogP) is 4.74. The number of fused-ring (bicyclic) bond motifs is 1. The lowest BCUT2D eigenvalue weighted by Gasteiger charge is -2.48. The molecule has 0 aliphatic heterocycles. The third-order valence-corrected chi connectivity index (χ3v) is 5.25. The van der Waals surface area contributed by atoms with Crippen molar-refractivity contribution >= 4 is 0 Å². The Morgan fingerprint density at radius 1 is 1.00 bits per heavy atom. The molecule has 0 aromatic carbocycles. The third-order valence-electron chi connectivity index (χ3n) is 5.25. The van der Waals surface area contributed by atoms with E-state index in [0.717, 1.165) is 29.6 Å². The summed E-state index contributed by atoms with van der Waals surface area (Å²) in [4.78, 5) is 0. The van der Waals surface area contributed by atoms with Gasteiger partial charge in [0.25, 0.3) is 0 Å². The molecule has 0 aromatic rings. The van der Waals surface area contributed by atoms with Crippen molar-refractivity contribution in [3.8, 4) is 0 Å². The highest BCUT2D eigenvalue weighted by Crippen LogP contribution is 2.54. The van der Waals surface area contributed by atoms with Gasteiger partial charge >= 0.3 is 0 Å². The van der Waals surface area contributed by atoms with E-state index < -0.39 is 0 Å². The summed E-state index contributed by atoms with van der Waals surface area (Å²) in [6.07, 6.45) is 6.06. The van der Waals surface area contributed by atoms with Crippen LogP contribution in [0.15, 0.2) is 0 Å². The maximum Gasteiger partial charge on any atom is -0.0311 e. The zero-order chi connectivity index (χ0) is 11.2. The van der Waals surface area contributed by atoms with E-state index in [1.165, 1.54) is 25.7 Å². The largest absolute Gasteiger partial charge is 0.0622 e. The SMILES string of the molecule is CC1CC2CCCC2C(C)C1C(C)(C)C. The first kappa shape index (κ1) is 11.5. The summed E-state index contributed by atoms with van der Waals surface area (Å²) in [5.41, 5.74) is 0.506. The lowest BCUT2D eigenvalue weighted by molar-refractivity contribution is 0.00232. The molecule has 0 amide bonds. The number of hydrogen-bond acceptors (Lipinski definition) is 0. The lowest BCUT2D eigenvalue weighted by Crippen LogP contribution is -2.42. The Balaban J connectivity index is 2.18. The van der Waals surface area contributed by atoms with Gasteiger partial charge in [-0.15, -0.1) is 0 Å². The Morgan fingerprint density at radius 3 is 2.27 bits per heavy atom. The second-order valence-corrected chi connectivity index (χ2v) is 7.32. The molecule has 2 aliphatic rings. The van der Waals surface area contributed by atoms with Gasteiger partial charge in [0.15, 0.2) is 0 Å². The van der Waals surface area contributed by atoms with Gasteiger partial charge in [-0.2, -0.15) is 0 Å². The van der Waals surface area contributed by atoms with Crippen LogP contribution in [0.5, 0.6) is 0 Å². The Bertz CT molecular complexity index is 223. The average Bonchev–Trinajstić information content (AvgIpc) is 2.48. The molecular formula is C15H28. The molecule has 0 radical (unpaired) electrons. The zero-order valence-electron chi connectivity index (χ0n) is 11.2. The van der Waals surface area contributed by atoms with Crippen LogP contribution in [-0.4, -0.2) is 0 Å². The zero-order valence-corrected chi connectivity index (χ0v) is 11.2. The molecule has 15 heavy (non-hydrogen) atoms. The molecular weight excluding hydrogens is 180 g/mol. The van der Waals surface area contributed by atoms with Crippen LogP contribution in [-0.2, 0) is 0 Å². The Morgan fingerprint density at radius 2 is 1.67 bits per heavy atom. The molecule has 88 valence electrons. The van der Waals surface area contributed by atoms with Gasteiger partial charge in [-0.3, -0.25) is 0 Å². The van der Waals surface area contributed by atoms with Crippen molar-refractivity contribution in [2.24, 2.45) is 35.0 Å². The van der Waals surface area contributed by atoms with Crippen molar-refractivity contribution in [1.29, 1.82) is 0 Å². The highest BCUT2D eigenvalue weighted by atomic mass is 14.5. The van der Waals surface area contributed by atoms with Gasteiger partial charge < -0.3 is 0 Å². The minimum Gasteiger partial charge on any atom is -0.0622 e. The topological polar surface area (TPSA) is 0 Å². The van der Waals surface area contributed by atoms with Gasteiger partial charge in [0.2, 0.25) is 0 Å². The monoisotopic (exact) mass is 208 g/mol. The van der Waals surface area contributed by atoms with E-state index in [9.17, 15) is 0 Å². The summed E-state index contributed by atoms with van der Waals surface area (Å²) < 4.78 is 0. The summed E-state index contributed by atoms with van der Waals surface area (Å²) in [5, 5.41) is 0. The third kappa shape index (κ3) is 1.97. The molecule has 2 rings (SSSR count). The van der Waals surface area contributed by atoms with Gasteiger partial charge in [-0.05, 0) is 47.8 Å². The Kier molecular flexibility index (Phi) is 2.90. The van der Waals surface area contributed by atoms with Crippen LogP contribution >= 0.6 is 0 Å². The van der Waals surface area contributed by atoms with Crippen LogP contribution in [0.2, 0.25) is 0 Å². The van der Waals surface area contributed by atoms with Gasteiger partial charge in [0.05, 0.1) is 0 Å². The fourth-order valence-corrected chi connectivity index (χ4v) is 5.10. The molecule has 0 aromatic heterocycles. The van der Waals surface area contributed by atoms with Crippen molar-refractivity contribution in [3.05, 3.63) is 0 Å². The maximum absolute atomic E-state index is 2.54. The Labute approximate surface area is 95.8 Å². The smallest absolute Gasteiger partial charge is 0.0311 e. The first-order valence-corrected chi connectivity index (χ1v) is 6.91. The molecule has 0 bridgehead atoms. The van der Waals surface area contributed by atoms with Crippen molar-refractivity contribution < 1.29 is 0 Å². The second kappa shape index (κ2) is 3.79. The lowest BCUT2D eigenvalue weighted by atomic mass is 9.57. The van der Waals surface area contributed by atoms with E-state index in [-0.39, 0.29) is 0 Å². The minimum absolute atomic E-state index is 0.506. The summed E-state index contributed by atoms with van der Waals surface area (Å²) >= 11 is 0. The van der Waals surface area contributed by atoms with E-state index in [1.807, 2.05) is 0 Å². The molecule has 2 fully saturated rings. The van der Waals surface area contributed by atoms with Crippen LogP contribution in [0.3, 0.4) is 0 Å². The molecule has 5 unspecified atom stereocenters. The Hall–Kier alpha value is 0. The predicted molar refractivity (Wildman–Crippen MR) is 66.7 cm³/mol. The first-order valence-electron chi connectivity index (χ1n) is 6.91. The van der Waals surface area contributed by atoms with Crippen molar-refractivity contribution in [2.45, 2.75) is 60.3 Å². The standard InChI is InChI=1S/C15H28/c1-10-9-12-7-6-8-13(12)11(2)14(10)15(3,4)5/h10-14H,6-9H2,1-5H3. The molecule has 0 heteroatoms. The number of hydrogen-bond donors (Lipinski definition) is 0. The average molecular weight is 208 g/mol. The summed E-state index contributed by atoms with van der Waals surface area (Å²) in [7, 11) is 0. The quantitative estimate of drug-likeness (QED) is 0.539. The summed E-state index contributed by atoms with van der Waals surface area (Å²) in [5.74, 6) is 4.98. The molecule has 0 saturated heterocycles. The van der Waals surface area contributed by atoms with Crippen LogP contribution in [0.1, 0.15) is 60.3 Å². The molecule has 2 saturated carbocycles. The van der Waals surface area contributed by atoms with E-state index in [4.69, 9.17) is 0 Å². The van der Waals surface area contributed by atoms with Crippen LogP contribution in [0.25, 0.3) is 0 Å². The fourth-order valence-electron chi connectivity index (χ4n) is 5.10. The van der Waals surface area contributed by atoms with Crippen molar-refractivity contribution in [2.75, 3.05) is 0 Å². The number of rotatable bonds is 0. The molecule has 0 heterocycles. The van der Waals surface area contributed by atoms with Gasteiger partial charge in [-0.25, -0.2) is 0 Å². The highest BCUT2D eigenvalue weighted by Gasteiger charge is 2.46. The second-order valence-electron chi connectivity index (χ2n) is 7.32. The van der Waals surface area contributed by atoms with Crippen molar-refractivity contribution in [1.82, 2.24) is 0 Å². The van der Waals surface area contributed by atoms with E-state index in [0.29, 0.717) is 5.41 Å². The molecule has 2 aliphatic carbocycles. The molecule has 0 N–H and O–H groups in total. The van der Waals surface area contributed by atoms with Crippen LogP contribution < -0.4 is 0 Å². The van der Waals surface area contributed by atoms with Gasteiger partial charge in [-0.1, -0.05) is 47.5 Å². The highest BCUT2D eigenvalue weighted by molar-refractivity contribution is 4.95. The van der Waals surface area contributed by atoms with E-state index >= 15 is 0 Å². The molecule has 0 spiro atoms. The maximum atomic E-state index is 2.54. The summed E-state index contributed by atoms with van der Waals surface area (Å²) in [6, 6.07) is 0. The van der Waals surface area contributed by atoms with Gasteiger partial charge in [0.1, 0.15) is 0 Å². The molecule has 0 nitrogen and oxygen atoms in total. The summed E-state index contributed by atoms with van der Waals surface area (Å²) in [6.45, 7) is 12.4. The molecule has 5 atom stereocenters. The van der Waals surface area contributed by atoms with Gasteiger partial charge in [0, 0.05) is 0 Å². The van der Waals surface area contributed by atoms with Crippen LogP contribution in [0, 0.1) is 35.0 Å².